The molecule has 0 saturated carbocycles. The molecule has 0 unspecified atom stereocenters. The van der Waals surface area contributed by atoms with E-state index < -0.39 is 5.91 Å². The first-order chi connectivity index (χ1) is 14.5. The summed E-state index contributed by atoms with van der Waals surface area (Å²) in [5, 5.41) is 8.54. The number of benzene rings is 2. The highest BCUT2D eigenvalue weighted by atomic mass is 79.9. The summed E-state index contributed by atoms with van der Waals surface area (Å²) in [7, 11) is 3.14. The highest BCUT2D eigenvalue weighted by Gasteiger charge is 2.20. The Hall–Kier alpha value is -2.58. The minimum Gasteiger partial charge on any atom is -0.497 e. The molecule has 0 heterocycles. The number of unbranched alkanes of at least 4 members (excludes halogenated alkanes) is 2. The van der Waals surface area contributed by atoms with Crippen molar-refractivity contribution in [3.05, 3.63) is 52.5 Å². The molecule has 0 aromatic heterocycles. The molecule has 0 saturated heterocycles. The molecule has 0 bridgehead atoms. The molecule has 8 heteroatoms. The van der Waals surface area contributed by atoms with E-state index in [1.54, 1.807) is 36.7 Å². The first kappa shape index (κ1) is 23.7. The van der Waals surface area contributed by atoms with Crippen molar-refractivity contribution in [1.82, 2.24) is 5.48 Å². The van der Waals surface area contributed by atoms with Crippen LogP contribution in [0.5, 0.6) is 11.5 Å². The maximum Gasteiger partial charge on any atom is 0.243 e. The monoisotopic (exact) mass is 478 g/mol. The highest BCUT2D eigenvalue weighted by molar-refractivity contribution is 9.10. The van der Waals surface area contributed by atoms with Gasteiger partial charge in [-0.1, -0.05) is 34.5 Å². The second kappa shape index (κ2) is 12.2. The molecule has 7 nitrogen and oxygen atoms in total. The van der Waals surface area contributed by atoms with Crippen LogP contribution in [-0.2, 0) is 16.1 Å². The fourth-order valence-electron chi connectivity index (χ4n) is 3.06. The third-order valence-electron chi connectivity index (χ3n) is 4.63. The summed E-state index contributed by atoms with van der Waals surface area (Å²) in [6.07, 6.45) is 2.54. The predicted molar refractivity (Wildman–Crippen MR) is 118 cm³/mol. The van der Waals surface area contributed by atoms with Crippen molar-refractivity contribution >= 4 is 33.4 Å². The zero-order valence-corrected chi connectivity index (χ0v) is 18.8. The molecule has 2 aromatic carbocycles. The summed E-state index contributed by atoms with van der Waals surface area (Å²) >= 11 is 3.47. The Labute approximate surface area is 185 Å². The molecule has 2 aromatic rings. The average Bonchev–Trinajstić information content (AvgIpc) is 2.76. The molecular weight excluding hydrogens is 452 g/mol. The lowest BCUT2D eigenvalue weighted by atomic mass is 10.1. The molecule has 0 radical (unpaired) electrons. The van der Waals surface area contributed by atoms with Gasteiger partial charge >= 0.3 is 0 Å². The quantitative estimate of drug-likeness (QED) is 0.282. The van der Waals surface area contributed by atoms with Gasteiger partial charge in [-0.3, -0.25) is 14.8 Å². The topological polar surface area (TPSA) is 88.1 Å². The number of carbonyl (C=O) groups excluding carboxylic acids is 2. The van der Waals surface area contributed by atoms with Crippen molar-refractivity contribution in [1.29, 1.82) is 0 Å². The molecule has 2 rings (SSSR count). The molecule has 0 aliphatic carbocycles. The Bertz CT molecular complexity index is 859. The normalized spacial score (nSPS) is 10.4. The maximum absolute atomic E-state index is 13.1. The molecule has 0 aliphatic rings. The van der Waals surface area contributed by atoms with Gasteiger partial charge in [0.1, 0.15) is 11.5 Å². The van der Waals surface area contributed by atoms with E-state index in [-0.39, 0.29) is 12.3 Å². The van der Waals surface area contributed by atoms with E-state index in [0.717, 1.165) is 10.0 Å². The number of hydroxylamine groups is 1. The van der Waals surface area contributed by atoms with E-state index in [4.69, 9.17) is 14.7 Å². The Morgan fingerprint density at radius 2 is 1.80 bits per heavy atom. The van der Waals surface area contributed by atoms with Crippen LogP contribution < -0.4 is 19.9 Å². The van der Waals surface area contributed by atoms with E-state index >= 15 is 0 Å². The maximum atomic E-state index is 13.1. The number of hydrogen-bond acceptors (Lipinski definition) is 5. The number of anilines is 1. The van der Waals surface area contributed by atoms with Gasteiger partial charge in [-0.2, -0.15) is 0 Å². The highest BCUT2D eigenvalue weighted by Crippen LogP contribution is 2.34. The fraction of sp³-hybridized carbons (Fsp3) is 0.364. The van der Waals surface area contributed by atoms with E-state index in [2.05, 4.69) is 15.9 Å². The zero-order chi connectivity index (χ0) is 21.9. The molecular formula is C22H27BrN2O5. The van der Waals surface area contributed by atoms with Crippen LogP contribution in [0.15, 0.2) is 46.9 Å². The first-order valence-electron chi connectivity index (χ1n) is 9.68. The molecule has 0 spiro atoms. The lowest BCUT2D eigenvalue weighted by Crippen LogP contribution is -2.30. The van der Waals surface area contributed by atoms with Crippen LogP contribution in [0.1, 0.15) is 37.7 Å². The van der Waals surface area contributed by atoms with E-state index in [1.165, 1.54) is 0 Å². The summed E-state index contributed by atoms with van der Waals surface area (Å²) in [6, 6.07) is 13.2. The molecule has 0 aliphatic heterocycles. The van der Waals surface area contributed by atoms with Gasteiger partial charge < -0.3 is 14.4 Å². The van der Waals surface area contributed by atoms with Gasteiger partial charge in [0.15, 0.2) is 0 Å². The van der Waals surface area contributed by atoms with Gasteiger partial charge in [0.25, 0.3) is 0 Å². The van der Waals surface area contributed by atoms with Crippen LogP contribution in [0, 0.1) is 0 Å². The average molecular weight is 479 g/mol. The van der Waals surface area contributed by atoms with Crippen molar-refractivity contribution in [3.8, 4) is 11.5 Å². The minimum absolute atomic E-state index is 0.0370. The Morgan fingerprint density at radius 3 is 2.47 bits per heavy atom. The Kier molecular flexibility index (Phi) is 9.63. The third kappa shape index (κ3) is 7.03. The number of halogens is 1. The summed E-state index contributed by atoms with van der Waals surface area (Å²) < 4.78 is 11.7. The lowest BCUT2D eigenvalue weighted by molar-refractivity contribution is -0.129. The zero-order valence-electron chi connectivity index (χ0n) is 17.2. The van der Waals surface area contributed by atoms with Crippen LogP contribution >= 0.6 is 15.9 Å². The van der Waals surface area contributed by atoms with Gasteiger partial charge in [0.05, 0.1) is 26.5 Å². The third-order valence-corrected chi connectivity index (χ3v) is 5.12. The molecule has 30 heavy (non-hydrogen) atoms. The van der Waals surface area contributed by atoms with Gasteiger partial charge in [-0.05, 0) is 42.7 Å². The number of nitrogens with one attached hydrogen (secondary N) is 1. The largest absolute Gasteiger partial charge is 0.497 e. The summed E-state index contributed by atoms with van der Waals surface area (Å²) in [4.78, 5) is 25.9. The molecule has 0 fully saturated rings. The van der Waals surface area contributed by atoms with Crippen LogP contribution in [0.2, 0.25) is 0 Å². The first-order valence-corrected chi connectivity index (χ1v) is 10.5. The SMILES string of the molecule is COc1ccc(N(Cc2cccc(Br)c2)C(=O)CCCCCC(=O)NO)c(OC)c1. The fourth-order valence-corrected chi connectivity index (χ4v) is 3.51. The molecule has 2 N–H and O–H groups in total. The van der Waals surface area contributed by atoms with Gasteiger partial charge in [-0.15, -0.1) is 0 Å². The van der Waals surface area contributed by atoms with Crippen molar-refractivity contribution in [2.75, 3.05) is 19.1 Å². The van der Waals surface area contributed by atoms with Crippen molar-refractivity contribution in [3.63, 3.8) is 0 Å². The summed E-state index contributed by atoms with van der Waals surface area (Å²) in [6.45, 7) is 0.397. The van der Waals surface area contributed by atoms with Crippen LogP contribution in [0.3, 0.4) is 0 Å². The number of ether oxygens (including phenoxy) is 2. The number of nitrogens with zero attached hydrogens (tertiary/aromatic N) is 1. The van der Waals surface area contributed by atoms with Gasteiger partial charge in [0, 0.05) is 23.4 Å². The molecule has 0 atom stereocenters. The van der Waals surface area contributed by atoms with Crippen molar-refractivity contribution in [2.24, 2.45) is 0 Å². The van der Waals surface area contributed by atoms with Crippen LogP contribution in [0.4, 0.5) is 5.69 Å². The number of carbonyl (C=O) groups is 2. The molecule has 162 valence electrons. The van der Waals surface area contributed by atoms with Gasteiger partial charge in [0.2, 0.25) is 11.8 Å². The second-order valence-electron chi connectivity index (χ2n) is 6.74. The smallest absolute Gasteiger partial charge is 0.243 e. The number of methoxy groups -OCH3 is 2. The summed E-state index contributed by atoms with van der Waals surface area (Å²) in [5.74, 6) is 0.746. The predicted octanol–water partition coefficient (Wildman–Crippen LogP) is 4.46. The second-order valence-corrected chi connectivity index (χ2v) is 7.66. The Balaban J connectivity index is 2.17. The van der Waals surface area contributed by atoms with Crippen molar-refractivity contribution < 1.29 is 24.3 Å². The van der Waals surface area contributed by atoms with Crippen molar-refractivity contribution in [2.45, 2.75) is 38.6 Å². The van der Waals surface area contributed by atoms with E-state index in [1.807, 2.05) is 30.3 Å². The van der Waals surface area contributed by atoms with Crippen LogP contribution in [0.25, 0.3) is 0 Å². The minimum atomic E-state index is -0.416. The molecule has 2 amide bonds. The van der Waals surface area contributed by atoms with E-state index in [9.17, 15) is 9.59 Å². The van der Waals surface area contributed by atoms with Crippen LogP contribution in [-0.4, -0.2) is 31.2 Å². The van der Waals surface area contributed by atoms with Gasteiger partial charge in [-0.25, -0.2) is 5.48 Å². The lowest BCUT2D eigenvalue weighted by Gasteiger charge is -2.25. The number of hydrogen-bond donors (Lipinski definition) is 2. The van der Waals surface area contributed by atoms with E-state index in [0.29, 0.717) is 49.4 Å². The standard InChI is InChI=1S/C22H27BrN2O5/c1-29-18-11-12-19(20(14-18)30-2)25(15-16-7-6-8-17(23)13-16)22(27)10-5-3-4-9-21(26)24-28/h6-8,11-14,28H,3-5,9-10,15H2,1-2H3,(H,24,26). The number of amides is 2. The Morgan fingerprint density at radius 1 is 1.03 bits per heavy atom. The summed E-state index contributed by atoms with van der Waals surface area (Å²) in [5.41, 5.74) is 3.27. The number of rotatable bonds is 11.